The molecule has 1 rings (SSSR count). The fraction of sp³-hybridized carbons (Fsp3) is 1.00. The van der Waals surface area contributed by atoms with Gasteiger partial charge in [0.05, 0.1) is 0 Å². The van der Waals surface area contributed by atoms with E-state index in [4.69, 9.17) is 0 Å². The van der Waals surface area contributed by atoms with Gasteiger partial charge in [-0.2, -0.15) is 0 Å². The zero-order valence-electron chi connectivity index (χ0n) is 7.98. The van der Waals surface area contributed by atoms with Gasteiger partial charge in [0.15, 0.2) is 0 Å². The first kappa shape index (κ1) is 12.2. The van der Waals surface area contributed by atoms with Crippen LogP contribution in [-0.2, 0) is 4.18 Å². The molecule has 0 unspecified atom stereocenters. The zero-order valence-corrected chi connectivity index (χ0v) is 8.79. The lowest BCUT2D eigenvalue weighted by molar-refractivity contribution is -0.267. The summed E-state index contributed by atoms with van der Waals surface area (Å²) in [6, 6.07) is 0. The molecule has 1 saturated carbocycles. The Morgan fingerprint density at radius 2 is 1.43 bits per heavy atom. The smallest absolute Gasteiger partial charge is 0.220 e. The molecule has 0 atom stereocenters. The molecule has 0 heterocycles. The van der Waals surface area contributed by atoms with Gasteiger partial charge < -0.3 is 0 Å². The first-order chi connectivity index (χ1) is 6.58. The first-order valence-electron chi connectivity index (χ1n) is 4.99. The maximum atomic E-state index is 11.7. The van der Waals surface area contributed by atoms with E-state index >= 15 is 0 Å². The van der Waals surface area contributed by atoms with Gasteiger partial charge in [-0.15, -0.1) is 13.2 Å². The molecule has 0 saturated heterocycles. The van der Waals surface area contributed by atoms with E-state index in [0.29, 0.717) is 12.0 Å². The molecule has 14 heavy (non-hydrogen) atoms. The normalized spacial score (nSPS) is 21.6. The van der Waals surface area contributed by atoms with Crippen LogP contribution in [0.3, 0.4) is 0 Å². The summed E-state index contributed by atoms with van der Waals surface area (Å²) in [5.74, 6) is 0. The third-order valence-electron chi connectivity index (χ3n) is 2.33. The van der Waals surface area contributed by atoms with Crippen molar-refractivity contribution >= 4 is 12.0 Å². The molecule has 5 heteroatoms. The fourth-order valence-electron chi connectivity index (χ4n) is 1.64. The number of halogens is 3. The van der Waals surface area contributed by atoms with E-state index in [-0.39, 0.29) is 5.25 Å². The predicted molar refractivity (Wildman–Crippen MR) is 50.8 cm³/mol. The van der Waals surface area contributed by atoms with E-state index in [0.717, 1.165) is 38.5 Å². The molecule has 0 aliphatic heterocycles. The van der Waals surface area contributed by atoms with Crippen molar-refractivity contribution in [3.8, 4) is 0 Å². The molecule has 0 aromatic rings. The maximum absolute atomic E-state index is 11.7. The quantitative estimate of drug-likeness (QED) is 0.652. The highest BCUT2D eigenvalue weighted by Gasteiger charge is 2.31. The lowest BCUT2D eigenvalue weighted by Gasteiger charge is -2.18. The molecular formula is C9H15F3OS. The van der Waals surface area contributed by atoms with Gasteiger partial charge in [0, 0.05) is 17.3 Å². The molecule has 0 N–H and O–H groups in total. The van der Waals surface area contributed by atoms with Crippen molar-refractivity contribution in [1.29, 1.82) is 0 Å². The molecule has 1 aliphatic carbocycles. The summed E-state index contributed by atoms with van der Waals surface area (Å²) in [6.07, 6.45) is 2.76. The second-order valence-electron chi connectivity index (χ2n) is 3.59. The Morgan fingerprint density at radius 1 is 0.929 bits per heavy atom. The van der Waals surface area contributed by atoms with E-state index in [1.54, 1.807) is 0 Å². The number of hydrogen-bond donors (Lipinski definition) is 0. The summed E-state index contributed by atoms with van der Waals surface area (Å²) in [5.41, 5.74) is 0. The van der Waals surface area contributed by atoms with Crippen LogP contribution >= 0.6 is 12.0 Å². The van der Waals surface area contributed by atoms with Crippen LogP contribution in [0.25, 0.3) is 0 Å². The van der Waals surface area contributed by atoms with Crippen LogP contribution in [0, 0.1) is 0 Å². The van der Waals surface area contributed by atoms with Crippen LogP contribution < -0.4 is 0 Å². The van der Waals surface area contributed by atoms with Crippen LogP contribution in [0.15, 0.2) is 0 Å². The Morgan fingerprint density at radius 3 is 1.93 bits per heavy atom. The maximum Gasteiger partial charge on any atom is 0.533 e. The summed E-state index contributed by atoms with van der Waals surface area (Å²) in [7, 11) is 0. The standard InChI is InChI=1S/C9H15F3OS/c10-9(11,12)13-14-8-6-4-2-1-3-5-7-8/h8H,1-7H2. The van der Waals surface area contributed by atoms with Gasteiger partial charge in [-0.25, -0.2) is 4.18 Å². The topological polar surface area (TPSA) is 9.23 Å². The first-order valence-corrected chi connectivity index (χ1v) is 5.79. The molecule has 1 fully saturated rings. The predicted octanol–water partition coefficient (Wildman–Crippen LogP) is 4.28. The Kier molecular flexibility index (Phi) is 5.09. The van der Waals surface area contributed by atoms with Crippen LogP contribution in [0.5, 0.6) is 0 Å². The average molecular weight is 228 g/mol. The summed E-state index contributed by atoms with van der Waals surface area (Å²) >= 11 is 0.602. The van der Waals surface area contributed by atoms with Crippen LogP contribution in [0.2, 0.25) is 0 Å². The van der Waals surface area contributed by atoms with Crippen molar-refractivity contribution in [3.63, 3.8) is 0 Å². The third-order valence-corrected chi connectivity index (χ3v) is 3.36. The summed E-state index contributed by atoms with van der Waals surface area (Å²) in [4.78, 5) is 0. The highest BCUT2D eigenvalue weighted by atomic mass is 32.2. The zero-order chi connectivity index (χ0) is 10.4. The van der Waals surface area contributed by atoms with Crippen LogP contribution in [0.4, 0.5) is 13.2 Å². The van der Waals surface area contributed by atoms with Gasteiger partial charge in [0.25, 0.3) is 0 Å². The van der Waals surface area contributed by atoms with Gasteiger partial charge in [0.1, 0.15) is 0 Å². The Bertz CT molecular complexity index is 153. The number of rotatable bonds is 2. The fourth-order valence-corrected chi connectivity index (χ4v) is 2.41. The van der Waals surface area contributed by atoms with E-state index in [1.165, 1.54) is 6.42 Å². The monoisotopic (exact) mass is 228 g/mol. The van der Waals surface area contributed by atoms with E-state index in [9.17, 15) is 13.2 Å². The van der Waals surface area contributed by atoms with E-state index < -0.39 is 6.36 Å². The van der Waals surface area contributed by atoms with Gasteiger partial charge in [-0.05, 0) is 12.8 Å². The molecule has 0 aromatic heterocycles. The van der Waals surface area contributed by atoms with Crippen molar-refractivity contribution < 1.29 is 17.4 Å². The Labute approximate surface area is 86.6 Å². The summed E-state index contributed by atoms with van der Waals surface area (Å²) in [5, 5.41) is 0.0249. The molecule has 0 radical (unpaired) electrons. The highest BCUT2D eigenvalue weighted by Crippen LogP contribution is 2.32. The van der Waals surface area contributed by atoms with Crippen molar-refractivity contribution in [3.05, 3.63) is 0 Å². The molecule has 0 aromatic carbocycles. The van der Waals surface area contributed by atoms with Crippen molar-refractivity contribution in [2.75, 3.05) is 0 Å². The molecule has 1 aliphatic rings. The molecule has 84 valence electrons. The minimum Gasteiger partial charge on any atom is -0.220 e. The minimum atomic E-state index is -4.49. The van der Waals surface area contributed by atoms with Gasteiger partial charge >= 0.3 is 6.36 Å². The SMILES string of the molecule is FC(F)(F)OSC1CCCCCCC1. The average Bonchev–Trinajstić information content (AvgIpc) is 2.00. The van der Waals surface area contributed by atoms with E-state index in [2.05, 4.69) is 4.18 Å². The van der Waals surface area contributed by atoms with Gasteiger partial charge in [0.2, 0.25) is 0 Å². The van der Waals surface area contributed by atoms with Crippen LogP contribution in [0.1, 0.15) is 44.9 Å². The van der Waals surface area contributed by atoms with E-state index in [1.807, 2.05) is 0 Å². The van der Waals surface area contributed by atoms with Crippen molar-refractivity contribution in [1.82, 2.24) is 0 Å². The Hall–Kier alpha value is 0.100. The molecule has 0 bridgehead atoms. The number of alkyl halides is 3. The summed E-state index contributed by atoms with van der Waals surface area (Å²) < 4.78 is 39.0. The molecule has 1 nitrogen and oxygen atoms in total. The number of hydrogen-bond acceptors (Lipinski definition) is 2. The summed E-state index contributed by atoms with van der Waals surface area (Å²) in [6.45, 7) is 0. The Balaban J connectivity index is 2.20. The molecule has 0 spiro atoms. The van der Waals surface area contributed by atoms with Crippen molar-refractivity contribution in [2.24, 2.45) is 0 Å². The van der Waals surface area contributed by atoms with Crippen molar-refractivity contribution in [2.45, 2.75) is 56.6 Å². The highest BCUT2D eigenvalue weighted by molar-refractivity contribution is 7.95. The second kappa shape index (κ2) is 5.85. The lowest BCUT2D eigenvalue weighted by atomic mass is 10.0. The van der Waals surface area contributed by atoms with Gasteiger partial charge in [-0.3, -0.25) is 0 Å². The van der Waals surface area contributed by atoms with Crippen LogP contribution in [-0.4, -0.2) is 11.6 Å². The third kappa shape index (κ3) is 5.75. The minimum absolute atomic E-state index is 0.0249. The largest absolute Gasteiger partial charge is 0.533 e. The second-order valence-corrected chi connectivity index (χ2v) is 4.62. The van der Waals surface area contributed by atoms with Gasteiger partial charge in [-0.1, -0.05) is 32.1 Å². The lowest BCUT2D eigenvalue weighted by Crippen LogP contribution is -2.13. The molecule has 0 amide bonds. The molecular weight excluding hydrogens is 213 g/mol.